The first-order valence-corrected chi connectivity index (χ1v) is 11.3. The van der Waals surface area contributed by atoms with Crippen LogP contribution in [-0.2, 0) is 12.8 Å². The number of rotatable bonds is 11. The molecular weight excluding hydrogens is 316 g/mol. The van der Waals surface area contributed by atoms with Gasteiger partial charge in [-0.25, -0.2) is 4.98 Å². The van der Waals surface area contributed by atoms with E-state index in [0.29, 0.717) is 0 Å². The fraction of sp³-hybridized carbons (Fsp3) is 0.708. The first kappa shape index (κ1) is 19.5. The fourth-order valence-electron chi connectivity index (χ4n) is 4.52. The van der Waals surface area contributed by atoms with Crippen LogP contribution in [0.2, 0.25) is 0 Å². The Kier molecular flexibility index (Phi) is 8.04. The molecule has 2 aromatic rings. The van der Waals surface area contributed by atoms with E-state index in [9.17, 15) is 0 Å². The highest BCUT2D eigenvalue weighted by atomic mass is 14.9. The minimum atomic E-state index is 1.03. The number of aromatic nitrogens is 2. The Morgan fingerprint density at radius 2 is 1.73 bits per heavy atom. The number of H-pyrrole nitrogens is 1. The summed E-state index contributed by atoms with van der Waals surface area (Å²) in [5.74, 6) is 2.21. The van der Waals surface area contributed by atoms with Crippen molar-refractivity contribution < 1.29 is 0 Å². The van der Waals surface area contributed by atoms with Crippen LogP contribution in [0, 0.1) is 5.92 Å². The van der Waals surface area contributed by atoms with Gasteiger partial charge >= 0.3 is 0 Å². The lowest BCUT2D eigenvalue weighted by molar-refractivity contribution is 0.328. The summed E-state index contributed by atoms with van der Waals surface area (Å²) in [7, 11) is 0. The van der Waals surface area contributed by atoms with Crippen molar-refractivity contribution in [3.05, 3.63) is 29.6 Å². The van der Waals surface area contributed by atoms with Gasteiger partial charge in [-0.2, -0.15) is 0 Å². The van der Waals surface area contributed by atoms with Crippen LogP contribution in [0.3, 0.4) is 0 Å². The molecule has 1 aromatic carbocycles. The smallest absolute Gasteiger partial charge is 0.107 e. The van der Waals surface area contributed by atoms with Gasteiger partial charge in [-0.15, -0.1) is 0 Å². The van der Waals surface area contributed by atoms with E-state index in [1.54, 1.807) is 0 Å². The predicted octanol–water partition coefficient (Wildman–Crippen LogP) is 7.37. The van der Waals surface area contributed by atoms with Crippen molar-refractivity contribution in [1.82, 2.24) is 9.97 Å². The number of benzene rings is 1. The van der Waals surface area contributed by atoms with Gasteiger partial charge in [-0.3, -0.25) is 0 Å². The van der Waals surface area contributed by atoms with Crippen LogP contribution in [0.5, 0.6) is 0 Å². The summed E-state index contributed by atoms with van der Waals surface area (Å²) in [6.07, 6.45) is 20.5. The highest BCUT2D eigenvalue weighted by Gasteiger charge is 2.12. The first-order valence-electron chi connectivity index (χ1n) is 11.3. The molecule has 1 fully saturated rings. The van der Waals surface area contributed by atoms with E-state index in [1.165, 1.54) is 107 Å². The topological polar surface area (TPSA) is 28.7 Å². The van der Waals surface area contributed by atoms with Gasteiger partial charge in [-0.05, 0) is 42.9 Å². The minimum absolute atomic E-state index is 1.03. The molecule has 0 saturated heterocycles. The van der Waals surface area contributed by atoms with Crippen molar-refractivity contribution in [3.63, 3.8) is 0 Å². The molecule has 0 unspecified atom stereocenters. The van der Waals surface area contributed by atoms with Crippen LogP contribution in [0.1, 0.15) is 102 Å². The van der Waals surface area contributed by atoms with E-state index in [2.05, 4.69) is 30.1 Å². The van der Waals surface area contributed by atoms with Gasteiger partial charge in [0.05, 0.1) is 11.0 Å². The monoisotopic (exact) mass is 354 g/mol. The third-order valence-electron chi connectivity index (χ3n) is 6.17. The molecule has 3 rings (SSSR count). The average Bonchev–Trinajstić information content (AvgIpc) is 3.08. The second-order valence-corrected chi connectivity index (χ2v) is 8.45. The molecule has 1 saturated carbocycles. The van der Waals surface area contributed by atoms with Crippen molar-refractivity contribution in [2.75, 3.05) is 0 Å². The van der Waals surface area contributed by atoms with Gasteiger partial charge in [0.1, 0.15) is 5.82 Å². The van der Waals surface area contributed by atoms with Crippen molar-refractivity contribution >= 4 is 11.0 Å². The van der Waals surface area contributed by atoms with E-state index in [0.717, 1.165) is 17.9 Å². The van der Waals surface area contributed by atoms with Crippen LogP contribution >= 0.6 is 0 Å². The number of hydrogen-bond donors (Lipinski definition) is 1. The molecule has 1 aliphatic carbocycles. The number of hydrogen-bond acceptors (Lipinski definition) is 1. The number of nitrogens with zero attached hydrogens (tertiary/aromatic N) is 1. The molecule has 2 nitrogen and oxygen atoms in total. The zero-order valence-corrected chi connectivity index (χ0v) is 16.9. The van der Waals surface area contributed by atoms with Crippen molar-refractivity contribution in [3.8, 4) is 0 Å². The SMILES string of the molecule is CCCCCCc1ccc2nc(CCCCCC3CCCCC3)[nH]c2c1. The lowest BCUT2D eigenvalue weighted by Gasteiger charge is -2.21. The Balaban J connectivity index is 1.39. The van der Waals surface area contributed by atoms with Crippen LogP contribution in [-0.4, -0.2) is 9.97 Å². The Labute approximate surface area is 160 Å². The van der Waals surface area contributed by atoms with Crippen molar-refractivity contribution in [1.29, 1.82) is 0 Å². The Hall–Kier alpha value is -1.31. The van der Waals surface area contributed by atoms with Crippen molar-refractivity contribution in [2.45, 2.75) is 103 Å². The molecule has 0 atom stereocenters. The highest BCUT2D eigenvalue weighted by molar-refractivity contribution is 5.75. The highest BCUT2D eigenvalue weighted by Crippen LogP contribution is 2.28. The Morgan fingerprint density at radius 3 is 2.58 bits per heavy atom. The quantitative estimate of drug-likeness (QED) is 0.419. The molecule has 0 spiro atoms. The standard InChI is InChI=1S/C24H38N2/c1-2-3-4-7-15-21-17-18-22-23(19-21)26-24(25-22)16-11-6-10-14-20-12-8-5-9-13-20/h17-20H,2-16H2,1H3,(H,25,26). The van der Waals surface area contributed by atoms with E-state index >= 15 is 0 Å². The lowest BCUT2D eigenvalue weighted by atomic mass is 9.85. The average molecular weight is 355 g/mol. The van der Waals surface area contributed by atoms with Gasteiger partial charge in [0.15, 0.2) is 0 Å². The van der Waals surface area contributed by atoms with E-state index < -0.39 is 0 Å². The Bertz CT molecular complexity index is 637. The second-order valence-electron chi connectivity index (χ2n) is 8.45. The normalized spacial score (nSPS) is 15.7. The van der Waals surface area contributed by atoms with Crippen LogP contribution in [0.15, 0.2) is 18.2 Å². The van der Waals surface area contributed by atoms with Crippen molar-refractivity contribution in [2.24, 2.45) is 5.92 Å². The molecule has 1 aromatic heterocycles. The largest absolute Gasteiger partial charge is 0.342 e. The molecule has 144 valence electrons. The number of aryl methyl sites for hydroxylation is 2. The predicted molar refractivity (Wildman–Crippen MR) is 113 cm³/mol. The van der Waals surface area contributed by atoms with Gasteiger partial charge in [0.25, 0.3) is 0 Å². The third kappa shape index (κ3) is 6.14. The molecular formula is C24H38N2. The minimum Gasteiger partial charge on any atom is -0.342 e. The summed E-state index contributed by atoms with van der Waals surface area (Å²) >= 11 is 0. The van der Waals surface area contributed by atoms with Crippen LogP contribution < -0.4 is 0 Å². The molecule has 1 heterocycles. The maximum Gasteiger partial charge on any atom is 0.107 e. The van der Waals surface area contributed by atoms with E-state index in [-0.39, 0.29) is 0 Å². The number of nitrogens with one attached hydrogen (secondary N) is 1. The molecule has 0 amide bonds. The first-order chi connectivity index (χ1) is 12.8. The molecule has 1 N–H and O–H groups in total. The number of aromatic amines is 1. The van der Waals surface area contributed by atoms with Gasteiger partial charge in [0.2, 0.25) is 0 Å². The molecule has 2 heteroatoms. The van der Waals surface area contributed by atoms with Crippen LogP contribution in [0.25, 0.3) is 11.0 Å². The van der Waals surface area contributed by atoms with Crippen LogP contribution in [0.4, 0.5) is 0 Å². The molecule has 1 aliphatic rings. The summed E-state index contributed by atoms with van der Waals surface area (Å²) in [6.45, 7) is 2.27. The van der Waals surface area contributed by atoms with Gasteiger partial charge in [0, 0.05) is 6.42 Å². The molecule has 0 aliphatic heterocycles. The third-order valence-corrected chi connectivity index (χ3v) is 6.17. The molecule has 0 bridgehead atoms. The zero-order chi connectivity index (χ0) is 18.0. The second kappa shape index (κ2) is 10.7. The van der Waals surface area contributed by atoms with Gasteiger partial charge < -0.3 is 4.98 Å². The fourth-order valence-corrected chi connectivity index (χ4v) is 4.52. The maximum absolute atomic E-state index is 4.80. The summed E-state index contributed by atoms with van der Waals surface area (Å²) in [4.78, 5) is 8.36. The van der Waals surface area contributed by atoms with E-state index in [1.807, 2.05) is 0 Å². The Morgan fingerprint density at radius 1 is 0.923 bits per heavy atom. The molecule has 26 heavy (non-hydrogen) atoms. The summed E-state index contributed by atoms with van der Waals surface area (Å²) in [5.41, 5.74) is 3.82. The number of fused-ring (bicyclic) bond motifs is 1. The zero-order valence-electron chi connectivity index (χ0n) is 16.9. The van der Waals surface area contributed by atoms with E-state index in [4.69, 9.17) is 4.98 Å². The molecule has 0 radical (unpaired) electrons. The maximum atomic E-state index is 4.80. The van der Waals surface area contributed by atoms with Gasteiger partial charge in [-0.1, -0.05) is 83.6 Å². The number of unbranched alkanes of at least 4 members (excludes halogenated alkanes) is 5. The summed E-state index contributed by atoms with van der Waals surface area (Å²) < 4.78 is 0. The lowest BCUT2D eigenvalue weighted by Crippen LogP contribution is -2.05. The summed E-state index contributed by atoms with van der Waals surface area (Å²) in [6, 6.07) is 6.79. The number of imidazole rings is 1. The summed E-state index contributed by atoms with van der Waals surface area (Å²) in [5, 5.41) is 0.